The van der Waals surface area contributed by atoms with Gasteiger partial charge in [0.2, 0.25) is 0 Å². The van der Waals surface area contributed by atoms with Gasteiger partial charge in [0.1, 0.15) is 5.82 Å². The van der Waals surface area contributed by atoms with Gasteiger partial charge in [0, 0.05) is 32.2 Å². The minimum absolute atomic E-state index is 0.0432. The van der Waals surface area contributed by atoms with Crippen molar-refractivity contribution in [1.29, 1.82) is 0 Å². The Hall–Kier alpha value is -4.87. The van der Waals surface area contributed by atoms with E-state index in [9.17, 15) is 14.7 Å². The predicted molar refractivity (Wildman–Crippen MR) is 144 cm³/mol. The zero-order valence-corrected chi connectivity index (χ0v) is 21.4. The van der Waals surface area contributed by atoms with Crippen molar-refractivity contribution in [3.63, 3.8) is 0 Å². The number of aryl methyl sites for hydroxylation is 1. The van der Waals surface area contributed by atoms with Gasteiger partial charge in [-0.1, -0.05) is 30.3 Å². The van der Waals surface area contributed by atoms with E-state index in [1.165, 1.54) is 0 Å². The molecule has 12 heteroatoms. The minimum atomic E-state index is -1.22. The molecule has 2 atom stereocenters. The van der Waals surface area contributed by atoms with Crippen molar-refractivity contribution >= 4 is 46.0 Å². The van der Waals surface area contributed by atoms with Crippen LogP contribution in [0.2, 0.25) is 0 Å². The normalized spacial score (nSPS) is 12.6. The van der Waals surface area contributed by atoms with Crippen molar-refractivity contribution in [1.82, 2.24) is 20.1 Å². The zero-order chi connectivity index (χ0) is 27.6. The summed E-state index contributed by atoms with van der Waals surface area (Å²) >= 11 is 0. The molecule has 11 nitrogen and oxygen atoms in total. The van der Waals surface area contributed by atoms with Crippen LogP contribution in [0.15, 0.2) is 54.6 Å². The summed E-state index contributed by atoms with van der Waals surface area (Å²) in [5.74, 6) is -1.06. The number of nitrogens with zero attached hydrogens (tertiary/aromatic N) is 4. The van der Waals surface area contributed by atoms with Crippen LogP contribution in [-0.2, 0) is 7.05 Å². The fourth-order valence-corrected chi connectivity index (χ4v) is 4.25. The molecule has 4 aromatic rings. The SMILES string of the molecule is C[C@H](NC(=O)O)[C@@H](Nc1nc(Nc2ccc3c(c2)c(N(C)C)nn3C)c(C(N)=O)cc1F)c1ccccc1. The number of carbonyl (C=O) groups is 2. The van der Waals surface area contributed by atoms with Crippen molar-refractivity contribution in [2.24, 2.45) is 12.8 Å². The fourth-order valence-electron chi connectivity index (χ4n) is 4.25. The molecule has 0 fully saturated rings. The molecule has 0 aliphatic carbocycles. The minimum Gasteiger partial charge on any atom is -0.465 e. The maximum Gasteiger partial charge on any atom is 0.404 e. The van der Waals surface area contributed by atoms with Crippen LogP contribution in [0.1, 0.15) is 28.9 Å². The Labute approximate surface area is 218 Å². The number of primary amides is 1. The van der Waals surface area contributed by atoms with Gasteiger partial charge in [0.25, 0.3) is 5.91 Å². The van der Waals surface area contributed by atoms with Crippen LogP contribution in [0, 0.1) is 5.82 Å². The molecule has 6 N–H and O–H groups in total. The van der Waals surface area contributed by atoms with Crippen LogP contribution >= 0.6 is 0 Å². The topological polar surface area (TPSA) is 150 Å². The van der Waals surface area contributed by atoms with Gasteiger partial charge in [-0.25, -0.2) is 14.2 Å². The molecule has 198 valence electrons. The molecule has 0 unspecified atom stereocenters. The van der Waals surface area contributed by atoms with E-state index in [0.29, 0.717) is 11.3 Å². The maximum atomic E-state index is 15.2. The monoisotopic (exact) mass is 520 g/mol. The third-order valence-corrected chi connectivity index (χ3v) is 6.06. The summed E-state index contributed by atoms with van der Waals surface area (Å²) in [7, 11) is 5.61. The molecule has 0 bridgehead atoms. The average molecular weight is 521 g/mol. The lowest BCUT2D eigenvalue weighted by molar-refractivity contribution is 0.1000. The van der Waals surface area contributed by atoms with Crippen molar-refractivity contribution in [3.05, 3.63) is 71.5 Å². The summed E-state index contributed by atoms with van der Waals surface area (Å²) < 4.78 is 16.9. The van der Waals surface area contributed by atoms with Gasteiger partial charge in [0.05, 0.1) is 23.2 Å². The Morgan fingerprint density at radius 1 is 1.11 bits per heavy atom. The summed E-state index contributed by atoms with van der Waals surface area (Å²) in [4.78, 5) is 29.7. The number of aromatic nitrogens is 3. The number of carbonyl (C=O) groups excluding carboxylic acids is 1. The Morgan fingerprint density at radius 2 is 1.82 bits per heavy atom. The lowest BCUT2D eigenvalue weighted by atomic mass is 10.0. The van der Waals surface area contributed by atoms with Gasteiger partial charge >= 0.3 is 6.09 Å². The molecule has 0 aliphatic rings. The van der Waals surface area contributed by atoms with E-state index in [-0.39, 0.29) is 17.2 Å². The number of benzene rings is 2. The molecular weight excluding hydrogens is 491 g/mol. The highest BCUT2D eigenvalue weighted by atomic mass is 19.1. The van der Waals surface area contributed by atoms with Crippen molar-refractivity contribution in [2.75, 3.05) is 29.6 Å². The first-order valence-corrected chi connectivity index (χ1v) is 11.8. The quantitative estimate of drug-likeness (QED) is 0.223. The molecule has 0 saturated heterocycles. The number of amides is 2. The molecule has 0 spiro atoms. The summed E-state index contributed by atoms with van der Waals surface area (Å²) in [6, 6.07) is 14.2. The van der Waals surface area contributed by atoms with Gasteiger partial charge in [-0.2, -0.15) is 5.10 Å². The maximum absolute atomic E-state index is 15.2. The van der Waals surface area contributed by atoms with E-state index in [1.807, 2.05) is 44.2 Å². The average Bonchev–Trinajstić information content (AvgIpc) is 3.20. The molecule has 38 heavy (non-hydrogen) atoms. The predicted octanol–water partition coefficient (Wildman–Crippen LogP) is 3.83. The lowest BCUT2D eigenvalue weighted by Gasteiger charge is -2.26. The van der Waals surface area contributed by atoms with Crippen LogP contribution in [0.3, 0.4) is 0 Å². The smallest absolute Gasteiger partial charge is 0.404 e. The molecule has 2 aromatic carbocycles. The Balaban J connectivity index is 1.74. The molecular formula is C26H29FN8O3. The molecule has 2 aromatic heterocycles. The second-order valence-electron chi connectivity index (χ2n) is 9.05. The van der Waals surface area contributed by atoms with Gasteiger partial charge in [-0.05, 0) is 36.8 Å². The Morgan fingerprint density at radius 3 is 2.45 bits per heavy atom. The van der Waals surface area contributed by atoms with Crippen molar-refractivity contribution in [2.45, 2.75) is 19.0 Å². The highest BCUT2D eigenvalue weighted by Gasteiger charge is 2.24. The number of nitrogens with two attached hydrogens (primary N) is 1. The van der Waals surface area contributed by atoms with Gasteiger partial charge in [-0.3, -0.25) is 9.48 Å². The Bertz CT molecular complexity index is 1490. The van der Waals surface area contributed by atoms with E-state index in [1.54, 1.807) is 41.9 Å². The second kappa shape index (κ2) is 10.6. The highest BCUT2D eigenvalue weighted by Crippen LogP contribution is 2.31. The van der Waals surface area contributed by atoms with Crippen LogP contribution in [0.4, 0.5) is 32.3 Å². The number of hydrogen-bond donors (Lipinski definition) is 5. The van der Waals surface area contributed by atoms with E-state index in [0.717, 1.165) is 22.8 Å². The lowest BCUT2D eigenvalue weighted by Crippen LogP contribution is -2.39. The summed E-state index contributed by atoms with van der Waals surface area (Å²) in [6.45, 7) is 1.65. The number of anilines is 4. The van der Waals surface area contributed by atoms with Crippen molar-refractivity contribution in [3.8, 4) is 0 Å². The molecule has 0 aliphatic heterocycles. The van der Waals surface area contributed by atoms with E-state index in [4.69, 9.17) is 5.73 Å². The highest BCUT2D eigenvalue weighted by molar-refractivity contribution is 5.99. The number of pyridine rings is 1. The standard InChI is InChI=1S/C26H29FN8O3/c1-14(29-26(37)38)21(15-8-6-5-7-9-15)31-24-19(27)13-18(22(28)36)23(32-24)30-16-10-11-20-17(12-16)25(34(2)3)33-35(20)4/h5-14,21,29H,1-4H3,(H2,28,36)(H,37,38)(H2,30,31,32)/t14-,21+/m0/s1. The summed E-state index contributed by atoms with van der Waals surface area (Å²) in [5, 5.41) is 23.1. The van der Waals surface area contributed by atoms with Gasteiger partial charge in [-0.15, -0.1) is 0 Å². The molecule has 0 radical (unpaired) electrons. The second-order valence-corrected chi connectivity index (χ2v) is 9.05. The first-order chi connectivity index (χ1) is 18.0. The molecule has 2 heterocycles. The van der Waals surface area contributed by atoms with Crippen LogP contribution < -0.4 is 26.6 Å². The number of hydrogen-bond acceptors (Lipinski definition) is 7. The van der Waals surface area contributed by atoms with E-state index >= 15 is 4.39 Å². The number of nitrogens with one attached hydrogen (secondary N) is 3. The number of carboxylic acid groups (broad SMARTS) is 1. The fraction of sp³-hybridized carbons (Fsp3) is 0.231. The van der Waals surface area contributed by atoms with Crippen LogP contribution in [0.5, 0.6) is 0 Å². The van der Waals surface area contributed by atoms with Gasteiger partial charge in [0.15, 0.2) is 17.5 Å². The van der Waals surface area contributed by atoms with E-state index in [2.05, 4.69) is 26.0 Å². The van der Waals surface area contributed by atoms with Crippen molar-refractivity contribution < 1.29 is 19.1 Å². The summed E-state index contributed by atoms with van der Waals surface area (Å²) in [6.07, 6.45) is -1.22. The van der Waals surface area contributed by atoms with E-state index < -0.39 is 29.9 Å². The molecule has 4 rings (SSSR count). The Kier molecular flexibility index (Phi) is 7.33. The molecule has 0 saturated carbocycles. The van der Waals surface area contributed by atoms with Gasteiger partial charge < -0.3 is 31.7 Å². The third kappa shape index (κ3) is 5.43. The number of fused-ring (bicyclic) bond motifs is 1. The largest absolute Gasteiger partial charge is 0.465 e. The summed E-state index contributed by atoms with van der Waals surface area (Å²) in [5.41, 5.74) is 7.59. The first-order valence-electron chi connectivity index (χ1n) is 11.8. The number of halogens is 1. The number of rotatable bonds is 9. The van der Waals surface area contributed by atoms with Crippen LogP contribution in [-0.4, -0.2) is 52.0 Å². The zero-order valence-electron chi connectivity index (χ0n) is 21.4. The first kappa shape index (κ1) is 26.2. The molecule has 2 amide bonds. The third-order valence-electron chi connectivity index (χ3n) is 6.06. The van der Waals surface area contributed by atoms with Crippen LogP contribution in [0.25, 0.3) is 10.9 Å².